The number of nitrogens with zero attached hydrogens (tertiary/aromatic N) is 1. The molecular formula is C13H14N2O2S. The van der Waals surface area contributed by atoms with Gasteiger partial charge in [-0.3, -0.25) is 10.1 Å². The van der Waals surface area contributed by atoms with Gasteiger partial charge in [0, 0.05) is 28.7 Å². The van der Waals surface area contributed by atoms with E-state index in [1.807, 2.05) is 11.4 Å². The van der Waals surface area contributed by atoms with Gasteiger partial charge >= 0.3 is 0 Å². The molecule has 0 unspecified atom stereocenters. The highest BCUT2D eigenvalue weighted by Crippen LogP contribution is 2.26. The number of nitrogens with one attached hydrogen (secondary N) is 1. The Kier molecular flexibility index (Phi) is 3.62. The smallest absolute Gasteiger partial charge is 0.274 e. The lowest BCUT2D eigenvalue weighted by Gasteiger charge is -2.09. The zero-order valence-corrected chi connectivity index (χ0v) is 11.1. The van der Waals surface area contributed by atoms with E-state index >= 15 is 0 Å². The van der Waals surface area contributed by atoms with Gasteiger partial charge in [-0.2, -0.15) is 0 Å². The molecule has 2 aromatic rings. The summed E-state index contributed by atoms with van der Waals surface area (Å²) in [6.45, 7) is 4.53. The third-order valence-electron chi connectivity index (χ3n) is 2.91. The van der Waals surface area contributed by atoms with E-state index < -0.39 is 0 Å². The predicted molar refractivity (Wildman–Crippen MR) is 74.2 cm³/mol. The molecule has 0 saturated heterocycles. The Labute approximate surface area is 109 Å². The third-order valence-corrected chi connectivity index (χ3v) is 3.93. The van der Waals surface area contributed by atoms with Gasteiger partial charge in [0.2, 0.25) is 0 Å². The number of benzene rings is 1. The molecule has 0 atom stereocenters. The van der Waals surface area contributed by atoms with E-state index in [0.717, 1.165) is 5.69 Å². The maximum atomic E-state index is 10.8. The summed E-state index contributed by atoms with van der Waals surface area (Å²) in [6.07, 6.45) is 0. The number of nitro benzene ring substituents is 1. The fourth-order valence-corrected chi connectivity index (χ4v) is 2.62. The molecule has 0 spiro atoms. The largest absolute Gasteiger partial charge is 0.380 e. The molecule has 18 heavy (non-hydrogen) atoms. The minimum absolute atomic E-state index is 0.155. The highest BCUT2D eigenvalue weighted by Gasteiger charge is 2.13. The lowest BCUT2D eigenvalue weighted by molar-refractivity contribution is -0.385. The van der Waals surface area contributed by atoms with Crippen LogP contribution >= 0.6 is 11.3 Å². The van der Waals surface area contributed by atoms with Crippen LogP contribution in [0.1, 0.15) is 16.0 Å². The monoisotopic (exact) mass is 262 g/mol. The lowest BCUT2D eigenvalue weighted by atomic mass is 10.1. The summed E-state index contributed by atoms with van der Waals surface area (Å²) < 4.78 is 0. The molecule has 94 valence electrons. The Morgan fingerprint density at radius 1 is 1.33 bits per heavy atom. The fourth-order valence-electron chi connectivity index (χ4n) is 1.77. The van der Waals surface area contributed by atoms with Crippen LogP contribution < -0.4 is 5.32 Å². The first-order valence-electron chi connectivity index (χ1n) is 5.60. The number of nitro groups is 1. The van der Waals surface area contributed by atoms with Crippen LogP contribution in [0.25, 0.3) is 0 Å². The van der Waals surface area contributed by atoms with Crippen LogP contribution in [-0.2, 0) is 6.54 Å². The maximum Gasteiger partial charge on any atom is 0.274 e. The molecule has 0 aliphatic rings. The molecule has 5 heteroatoms. The number of anilines is 1. The lowest BCUT2D eigenvalue weighted by Crippen LogP contribution is -2.02. The van der Waals surface area contributed by atoms with Gasteiger partial charge in [0.25, 0.3) is 5.69 Å². The van der Waals surface area contributed by atoms with Crippen molar-refractivity contribution in [2.24, 2.45) is 0 Å². The second-order valence-corrected chi connectivity index (χ2v) is 5.09. The number of rotatable bonds is 4. The Morgan fingerprint density at radius 3 is 2.72 bits per heavy atom. The van der Waals surface area contributed by atoms with Crippen LogP contribution in [0.2, 0.25) is 0 Å². The van der Waals surface area contributed by atoms with Gasteiger partial charge < -0.3 is 5.32 Å². The van der Waals surface area contributed by atoms with E-state index in [9.17, 15) is 10.1 Å². The average molecular weight is 262 g/mol. The predicted octanol–water partition coefficient (Wildman–Crippen LogP) is 3.89. The summed E-state index contributed by atoms with van der Waals surface area (Å²) >= 11 is 1.69. The van der Waals surface area contributed by atoms with E-state index in [1.54, 1.807) is 24.3 Å². The average Bonchev–Trinajstić information content (AvgIpc) is 2.73. The fraction of sp³-hybridized carbons (Fsp3) is 0.231. The van der Waals surface area contributed by atoms with Crippen molar-refractivity contribution in [3.63, 3.8) is 0 Å². The standard InChI is InChI=1S/C13H14N2O2S/c1-9-6-7-18-13(9)8-14-11-4-3-5-12(10(11)2)15(16)17/h3-7,14H,8H2,1-2H3. The first kappa shape index (κ1) is 12.6. The van der Waals surface area contributed by atoms with E-state index in [4.69, 9.17) is 0 Å². The van der Waals surface area contributed by atoms with E-state index in [2.05, 4.69) is 18.3 Å². The van der Waals surface area contributed by atoms with E-state index in [1.165, 1.54) is 16.5 Å². The summed E-state index contributed by atoms with van der Waals surface area (Å²) in [7, 11) is 0. The Balaban J connectivity index is 2.17. The molecule has 0 fully saturated rings. The quantitative estimate of drug-likeness (QED) is 0.672. The maximum absolute atomic E-state index is 10.8. The minimum Gasteiger partial charge on any atom is -0.380 e. The van der Waals surface area contributed by atoms with Gasteiger partial charge in [-0.1, -0.05) is 6.07 Å². The second kappa shape index (κ2) is 5.18. The Morgan fingerprint density at radius 2 is 2.11 bits per heavy atom. The zero-order chi connectivity index (χ0) is 13.1. The molecule has 0 aliphatic heterocycles. The van der Waals surface area contributed by atoms with Crippen molar-refractivity contribution < 1.29 is 4.92 Å². The molecule has 0 radical (unpaired) electrons. The number of thiophene rings is 1. The van der Waals surface area contributed by atoms with Gasteiger partial charge in [0.05, 0.1) is 4.92 Å². The van der Waals surface area contributed by atoms with Gasteiger partial charge in [0.1, 0.15) is 0 Å². The molecule has 2 rings (SSSR count). The zero-order valence-electron chi connectivity index (χ0n) is 10.3. The molecule has 1 aromatic heterocycles. The molecule has 1 aromatic carbocycles. The summed E-state index contributed by atoms with van der Waals surface area (Å²) in [6, 6.07) is 7.17. The van der Waals surface area contributed by atoms with Gasteiger partial charge in [-0.25, -0.2) is 0 Å². The van der Waals surface area contributed by atoms with E-state index in [0.29, 0.717) is 12.1 Å². The topological polar surface area (TPSA) is 55.2 Å². The van der Waals surface area contributed by atoms with Gasteiger partial charge in [-0.15, -0.1) is 11.3 Å². The summed E-state index contributed by atoms with van der Waals surface area (Å²) in [4.78, 5) is 11.7. The van der Waals surface area contributed by atoms with Crippen molar-refractivity contribution in [2.75, 3.05) is 5.32 Å². The first-order valence-corrected chi connectivity index (χ1v) is 6.48. The van der Waals surface area contributed by atoms with Crippen LogP contribution in [0, 0.1) is 24.0 Å². The van der Waals surface area contributed by atoms with Crippen LogP contribution in [0.15, 0.2) is 29.6 Å². The minimum atomic E-state index is -0.350. The molecule has 0 amide bonds. The molecule has 1 N–H and O–H groups in total. The highest BCUT2D eigenvalue weighted by atomic mass is 32.1. The second-order valence-electron chi connectivity index (χ2n) is 4.09. The number of aryl methyl sites for hydroxylation is 1. The number of hydrogen-bond donors (Lipinski definition) is 1. The summed E-state index contributed by atoms with van der Waals surface area (Å²) in [5, 5.41) is 16.1. The Bertz CT molecular complexity index is 578. The summed E-state index contributed by atoms with van der Waals surface area (Å²) in [5.74, 6) is 0. The van der Waals surface area contributed by atoms with Crippen LogP contribution in [0.3, 0.4) is 0 Å². The normalized spacial score (nSPS) is 10.3. The van der Waals surface area contributed by atoms with Crippen molar-refractivity contribution in [1.29, 1.82) is 0 Å². The van der Waals surface area contributed by atoms with Gasteiger partial charge in [-0.05, 0) is 36.9 Å². The molecular weight excluding hydrogens is 248 g/mol. The van der Waals surface area contributed by atoms with E-state index in [-0.39, 0.29) is 10.6 Å². The molecule has 0 saturated carbocycles. The molecule has 4 nitrogen and oxygen atoms in total. The van der Waals surface area contributed by atoms with Crippen LogP contribution in [-0.4, -0.2) is 4.92 Å². The van der Waals surface area contributed by atoms with Gasteiger partial charge in [0.15, 0.2) is 0 Å². The van der Waals surface area contributed by atoms with Crippen molar-refractivity contribution >= 4 is 22.7 Å². The molecule has 1 heterocycles. The number of hydrogen-bond acceptors (Lipinski definition) is 4. The molecule has 0 aliphatic carbocycles. The highest BCUT2D eigenvalue weighted by molar-refractivity contribution is 7.10. The first-order chi connectivity index (χ1) is 8.59. The van der Waals surface area contributed by atoms with Crippen LogP contribution in [0.4, 0.5) is 11.4 Å². The van der Waals surface area contributed by atoms with Crippen molar-refractivity contribution in [3.8, 4) is 0 Å². The van der Waals surface area contributed by atoms with Crippen molar-refractivity contribution in [3.05, 3.63) is 55.8 Å². The Hall–Kier alpha value is -1.88. The molecule has 0 bridgehead atoms. The van der Waals surface area contributed by atoms with Crippen LogP contribution in [0.5, 0.6) is 0 Å². The van der Waals surface area contributed by atoms with Crippen molar-refractivity contribution in [1.82, 2.24) is 0 Å². The SMILES string of the molecule is Cc1ccsc1CNc1cccc([N+](=O)[O-])c1C. The summed E-state index contributed by atoms with van der Waals surface area (Å²) in [5.41, 5.74) is 2.90. The van der Waals surface area contributed by atoms with Crippen molar-refractivity contribution in [2.45, 2.75) is 20.4 Å². The third kappa shape index (κ3) is 2.51.